The highest BCUT2D eigenvalue weighted by Crippen LogP contribution is 2.29. The van der Waals surface area contributed by atoms with Crippen LogP contribution in [-0.4, -0.2) is 45.2 Å². The zero-order valence-electron chi connectivity index (χ0n) is 14.5. The van der Waals surface area contributed by atoms with Gasteiger partial charge in [-0.05, 0) is 24.6 Å². The first-order valence-corrected chi connectivity index (χ1v) is 8.07. The Morgan fingerprint density at radius 2 is 2.16 bits per heavy atom. The summed E-state index contributed by atoms with van der Waals surface area (Å²) in [6.45, 7) is 4.81. The van der Waals surface area contributed by atoms with E-state index in [4.69, 9.17) is 0 Å². The molecule has 3 heterocycles. The van der Waals surface area contributed by atoms with Crippen LogP contribution in [0.5, 0.6) is 0 Å². The number of hydrogen-bond acceptors (Lipinski definition) is 4. The van der Waals surface area contributed by atoms with Crippen LogP contribution in [0.15, 0.2) is 36.8 Å². The highest BCUT2D eigenvalue weighted by Gasteiger charge is 2.36. The first-order chi connectivity index (χ1) is 11.2. The minimum atomic E-state index is -0.0390. The number of pyridine rings is 1. The number of aromatic nitrogens is 3. The number of aryl methyl sites for hydroxylation is 1. The van der Waals surface area contributed by atoms with Crippen molar-refractivity contribution in [2.24, 2.45) is 13.0 Å². The summed E-state index contributed by atoms with van der Waals surface area (Å²) in [6.07, 6.45) is 5.64. The predicted octanol–water partition coefficient (Wildman–Crippen LogP) is 2.01. The van der Waals surface area contributed by atoms with Crippen LogP contribution in [0.3, 0.4) is 0 Å². The smallest absolute Gasteiger partial charge is 0.227 e. The lowest BCUT2D eigenvalue weighted by molar-refractivity contribution is -0.135. The van der Waals surface area contributed by atoms with Crippen LogP contribution in [-0.2, 0) is 18.4 Å². The maximum atomic E-state index is 13.0. The van der Waals surface area contributed by atoms with Gasteiger partial charge in [0, 0.05) is 45.0 Å². The Kier molecular flexibility index (Phi) is 8.35. The molecule has 0 aliphatic carbocycles. The summed E-state index contributed by atoms with van der Waals surface area (Å²) in [4.78, 5) is 19.2. The lowest BCUT2D eigenvalue weighted by atomic mass is 9.89. The molecule has 3 rings (SSSR count). The van der Waals surface area contributed by atoms with Crippen molar-refractivity contribution in [3.05, 3.63) is 48.0 Å². The van der Waals surface area contributed by atoms with Crippen LogP contribution in [0.2, 0.25) is 0 Å². The lowest BCUT2D eigenvalue weighted by Gasteiger charge is -2.26. The minimum Gasteiger partial charge on any atom is -0.337 e. The molecule has 138 valence electrons. The van der Waals surface area contributed by atoms with Gasteiger partial charge in [0.1, 0.15) is 0 Å². The van der Waals surface area contributed by atoms with Gasteiger partial charge in [-0.3, -0.25) is 14.5 Å². The minimum absolute atomic E-state index is 0. The summed E-state index contributed by atoms with van der Waals surface area (Å²) >= 11 is 0. The molecule has 0 radical (unpaired) electrons. The van der Waals surface area contributed by atoms with E-state index in [1.165, 1.54) is 0 Å². The van der Waals surface area contributed by atoms with Crippen molar-refractivity contribution in [3.63, 3.8) is 0 Å². The molecule has 25 heavy (non-hydrogen) atoms. The first-order valence-electron chi connectivity index (χ1n) is 8.07. The number of hydrogen-bond donors (Lipinski definition) is 1. The predicted molar refractivity (Wildman–Crippen MR) is 102 cm³/mol. The summed E-state index contributed by atoms with van der Waals surface area (Å²) in [5.41, 5.74) is 2.05. The van der Waals surface area contributed by atoms with E-state index in [0.29, 0.717) is 13.1 Å². The highest BCUT2D eigenvalue weighted by atomic mass is 35.5. The van der Waals surface area contributed by atoms with Gasteiger partial charge in [0.05, 0.1) is 24.4 Å². The van der Waals surface area contributed by atoms with Crippen LogP contribution in [0, 0.1) is 5.92 Å². The van der Waals surface area contributed by atoms with Gasteiger partial charge in [-0.1, -0.05) is 6.07 Å². The summed E-state index contributed by atoms with van der Waals surface area (Å²) in [5, 5.41) is 7.60. The summed E-state index contributed by atoms with van der Waals surface area (Å²) in [7, 11) is 1.90. The molecule has 0 spiro atoms. The van der Waals surface area contributed by atoms with Gasteiger partial charge in [-0.25, -0.2) is 0 Å². The second-order valence-electron chi connectivity index (χ2n) is 5.99. The molecule has 2 atom stereocenters. The molecule has 2 aromatic heterocycles. The Morgan fingerprint density at radius 3 is 2.76 bits per heavy atom. The summed E-state index contributed by atoms with van der Waals surface area (Å²) < 4.78 is 1.79. The van der Waals surface area contributed by atoms with Gasteiger partial charge in [0.25, 0.3) is 0 Å². The molecule has 0 bridgehead atoms. The first kappa shape index (κ1) is 21.4. The number of carbonyl (C=O) groups is 1. The Bertz CT molecular complexity index is 664. The fraction of sp³-hybridized carbons (Fsp3) is 0.471. The largest absolute Gasteiger partial charge is 0.337 e. The summed E-state index contributed by atoms with van der Waals surface area (Å²) in [5.74, 6) is 0.342. The van der Waals surface area contributed by atoms with E-state index in [1.54, 1.807) is 10.9 Å². The Morgan fingerprint density at radius 1 is 1.36 bits per heavy atom. The van der Waals surface area contributed by atoms with Crippen molar-refractivity contribution in [2.75, 3.05) is 19.6 Å². The average molecular weight is 386 g/mol. The summed E-state index contributed by atoms with van der Waals surface area (Å²) in [6, 6.07) is 5.80. The number of rotatable bonds is 5. The third-order valence-electron chi connectivity index (χ3n) is 4.46. The van der Waals surface area contributed by atoms with E-state index in [-0.39, 0.29) is 42.6 Å². The number of nitrogens with zero attached hydrogens (tertiary/aromatic N) is 4. The molecule has 1 saturated heterocycles. The molecule has 8 heteroatoms. The second kappa shape index (κ2) is 9.75. The molecule has 1 aliphatic heterocycles. The maximum absolute atomic E-state index is 13.0. The van der Waals surface area contributed by atoms with Crippen molar-refractivity contribution < 1.29 is 4.79 Å². The van der Waals surface area contributed by atoms with Gasteiger partial charge in [0.15, 0.2) is 0 Å². The van der Waals surface area contributed by atoms with Crippen molar-refractivity contribution in [1.82, 2.24) is 25.0 Å². The van der Waals surface area contributed by atoms with Crippen LogP contribution in [0.1, 0.15) is 24.1 Å². The SMILES string of the molecule is CCN(Cc1ccccn1)C(=O)[C@H]1CNC[C@@H]1c1cnn(C)c1.Cl.Cl. The van der Waals surface area contributed by atoms with E-state index >= 15 is 0 Å². The number of amides is 1. The third-order valence-corrected chi connectivity index (χ3v) is 4.46. The number of carbonyl (C=O) groups excluding carboxylic acids is 1. The Hall–Kier alpha value is -1.63. The van der Waals surface area contributed by atoms with E-state index in [1.807, 2.05) is 49.5 Å². The molecule has 2 aromatic rings. The maximum Gasteiger partial charge on any atom is 0.227 e. The van der Waals surface area contributed by atoms with E-state index in [2.05, 4.69) is 15.4 Å². The van der Waals surface area contributed by atoms with Gasteiger partial charge in [-0.2, -0.15) is 5.10 Å². The Labute approximate surface area is 160 Å². The number of nitrogens with one attached hydrogen (secondary N) is 1. The average Bonchev–Trinajstić information content (AvgIpc) is 3.21. The fourth-order valence-corrected chi connectivity index (χ4v) is 3.19. The highest BCUT2D eigenvalue weighted by molar-refractivity contribution is 5.85. The topological polar surface area (TPSA) is 63.1 Å². The second-order valence-corrected chi connectivity index (χ2v) is 5.99. The van der Waals surface area contributed by atoms with Crippen LogP contribution in [0.4, 0.5) is 0 Å². The molecule has 0 aromatic carbocycles. The number of halogens is 2. The van der Waals surface area contributed by atoms with Crippen molar-refractivity contribution in [3.8, 4) is 0 Å². The quantitative estimate of drug-likeness (QED) is 0.854. The molecular formula is C17H25Cl2N5O. The van der Waals surface area contributed by atoms with E-state index < -0.39 is 0 Å². The fourth-order valence-electron chi connectivity index (χ4n) is 3.19. The zero-order valence-corrected chi connectivity index (χ0v) is 16.1. The van der Waals surface area contributed by atoms with Crippen molar-refractivity contribution in [1.29, 1.82) is 0 Å². The van der Waals surface area contributed by atoms with Crippen LogP contribution >= 0.6 is 24.8 Å². The molecule has 1 fully saturated rings. The van der Waals surface area contributed by atoms with Crippen LogP contribution < -0.4 is 5.32 Å². The van der Waals surface area contributed by atoms with Gasteiger partial charge in [-0.15, -0.1) is 24.8 Å². The van der Waals surface area contributed by atoms with Gasteiger partial charge >= 0.3 is 0 Å². The molecule has 0 unspecified atom stereocenters. The molecule has 1 N–H and O–H groups in total. The van der Waals surface area contributed by atoms with E-state index in [0.717, 1.165) is 24.3 Å². The van der Waals surface area contributed by atoms with E-state index in [9.17, 15) is 4.79 Å². The van der Waals surface area contributed by atoms with Crippen molar-refractivity contribution >= 4 is 30.7 Å². The van der Waals surface area contributed by atoms with Gasteiger partial charge < -0.3 is 10.2 Å². The normalized spacial score (nSPS) is 19.0. The zero-order chi connectivity index (χ0) is 16.2. The van der Waals surface area contributed by atoms with Gasteiger partial charge in [0.2, 0.25) is 5.91 Å². The van der Waals surface area contributed by atoms with Crippen molar-refractivity contribution in [2.45, 2.75) is 19.4 Å². The molecule has 6 nitrogen and oxygen atoms in total. The third kappa shape index (κ3) is 4.93. The lowest BCUT2D eigenvalue weighted by Crippen LogP contribution is -2.38. The molecule has 1 aliphatic rings. The molecular weight excluding hydrogens is 361 g/mol. The Balaban J connectivity index is 0.00000156. The molecule has 1 amide bonds. The van der Waals surface area contributed by atoms with Crippen LogP contribution in [0.25, 0.3) is 0 Å². The molecule has 0 saturated carbocycles. The standard InChI is InChI=1S/C17H23N5O.2ClH/c1-3-22(12-14-6-4-5-7-19-14)17(23)16-10-18-9-15(16)13-8-20-21(2)11-13;;/h4-8,11,15-16,18H,3,9-10,12H2,1-2H3;2*1H/t15-,16+;;/m1../s1. The monoisotopic (exact) mass is 385 g/mol.